The van der Waals surface area contributed by atoms with E-state index in [1.54, 1.807) is 11.3 Å². The minimum Gasteiger partial charge on any atom is -0.357 e. The second-order valence-corrected chi connectivity index (χ2v) is 7.07. The number of guanidine groups is 1. The molecule has 0 atom stereocenters. The first kappa shape index (κ1) is 18.8. The van der Waals surface area contributed by atoms with Gasteiger partial charge in [-0.1, -0.05) is 18.5 Å². The number of hydrogen-bond donors (Lipinski definition) is 1. The molecule has 0 amide bonds. The van der Waals surface area contributed by atoms with Crippen LogP contribution in [0.3, 0.4) is 0 Å². The van der Waals surface area contributed by atoms with Crippen molar-refractivity contribution in [1.82, 2.24) is 19.8 Å². The Balaban J connectivity index is 1.97. The van der Waals surface area contributed by atoms with Gasteiger partial charge in [-0.05, 0) is 19.4 Å². The molecule has 0 spiro atoms. The van der Waals surface area contributed by atoms with E-state index >= 15 is 0 Å². The van der Waals surface area contributed by atoms with Crippen LogP contribution in [-0.2, 0) is 26.4 Å². The van der Waals surface area contributed by atoms with Crippen LogP contribution in [0.25, 0.3) is 0 Å². The summed E-state index contributed by atoms with van der Waals surface area (Å²) in [6.45, 7) is 6.54. The lowest BCUT2D eigenvalue weighted by Crippen LogP contribution is -2.39. The van der Waals surface area contributed by atoms with Gasteiger partial charge in [-0.2, -0.15) is 0 Å². The van der Waals surface area contributed by atoms with Gasteiger partial charge in [0.25, 0.3) is 0 Å². The van der Waals surface area contributed by atoms with Gasteiger partial charge in [0.2, 0.25) is 0 Å². The monoisotopic (exact) mass is 367 g/mol. The normalized spacial score (nSPS) is 11.8. The Labute approximate surface area is 153 Å². The zero-order chi connectivity index (χ0) is 17.5. The van der Waals surface area contributed by atoms with Crippen LogP contribution < -0.4 is 5.32 Å². The third-order valence-electron chi connectivity index (χ3n) is 3.70. The predicted molar refractivity (Wildman–Crippen MR) is 103 cm³/mol. The van der Waals surface area contributed by atoms with Crippen LogP contribution in [-0.4, -0.2) is 40.5 Å². The molecule has 0 aliphatic heterocycles. The van der Waals surface area contributed by atoms with Crippen molar-refractivity contribution < 1.29 is 0 Å². The molecule has 2 rings (SSSR count). The van der Waals surface area contributed by atoms with Crippen molar-refractivity contribution in [2.24, 2.45) is 12.0 Å². The standard InChI is InChI=1S/C17H26ClN5S/c1-5-16-21-14(12-24-16)7-8-20-17(19-6-2)23(4)11-15-9-13(18)10-22(15)3/h9-10,12H,5-8,11H2,1-4H3,(H,19,20). The van der Waals surface area contributed by atoms with Gasteiger partial charge in [-0.25, -0.2) is 4.98 Å². The summed E-state index contributed by atoms with van der Waals surface area (Å²) >= 11 is 7.79. The third kappa shape index (κ3) is 5.24. The SMILES string of the molecule is CCNC(=NCCc1csc(CC)n1)N(C)Cc1cc(Cl)cn1C. The third-order valence-corrected chi connectivity index (χ3v) is 4.95. The summed E-state index contributed by atoms with van der Waals surface area (Å²) in [4.78, 5) is 11.4. The maximum atomic E-state index is 6.06. The van der Waals surface area contributed by atoms with Gasteiger partial charge < -0.3 is 14.8 Å². The van der Waals surface area contributed by atoms with Crippen molar-refractivity contribution in [1.29, 1.82) is 0 Å². The van der Waals surface area contributed by atoms with Crippen molar-refractivity contribution in [3.8, 4) is 0 Å². The van der Waals surface area contributed by atoms with E-state index in [1.807, 2.05) is 30.9 Å². The van der Waals surface area contributed by atoms with Crippen molar-refractivity contribution in [3.63, 3.8) is 0 Å². The molecule has 0 fully saturated rings. The quantitative estimate of drug-likeness (QED) is 0.603. The molecule has 2 heterocycles. The summed E-state index contributed by atoms with van der Waals surface area (Å²) in [5.41, 5.74) is 2.29. The molecule has 0 saturated carbocycles. The first-order valence-corrected chi connectivity index (χ1v) is 9.52. The van der Waals surface area contributed by atoms with Crippen LogP contribution in [0.15, 0.2) is 22.6 Å². The van der Waals surface area contributed by atoms with Gasteiger partial charge in [0.15, 0.2) is 5.96 Å². The molecule has 2 aromatic rings. The Morgan fingerprint density at radius 2 is 2.25 bits per heavy atom. The maximum absolute atomic E-state index is 6.06. The van der Waals surface area contributed by atoms with E-state index in [4.69, 9.17) is 16.6 Å². The summed E-state index contributed by atoms with van der Waals surface area (Å²) in [5, 5.41) is 7.44. The molecule has 0 bridgehead atoms. The fourth-order valence-electron chi connectivity index (χ4n) is 2.41. The maximum Gasteiger partial charge on any atom is 0.194 e. The molecule has 1 N–H and O–H groups in total. The van der Waals surface area contributed by atoms with E-state index in [2.05, 4.69) is 34.4 Å². The number of rotatable bonds is 7. The average molecular weight is 368 g/mol. The number of thiazole rings is 1. The Morgan fingerprint density at radius 3 is 2.83 bits per heavy atom. The van der Waals surface area contributed by atoms with Crippen LogP contribution in [0.4, 0.5) is 0 Å². The molecule has 2 aromatic heterocycles. The second kappa shape index (κ2) is 9.08. The largest absolute Gasteiger partial charge is 0.357 e. The highest BCUT2D eigenvalue weighted by molar-refractivity contribution is 7.09. The van der Waals surface area contributed by atoms with Crippen LogP contribution in [0, 0.1) is 0 Å². The van der Waals surface area contributed by atoms with E-state index in [-0.39, 0.29) is 0 Å². The van der Waals surface area contributed by atoms with E-state index in [0.29, 0.717) is 0 Å². The van der Waals surface area contributed by atoms with Gasteiger partial charge >= 0.3 is 0 Å². The molecule has 0 radical (unpaired) electrons. The summed E-state index contributed by atoms with van der Waals surface area (Å²) < 4.78 is 2.05. The molecule has 0 saturated heterocycles. The van der Waals surface area contributed by atoms with Gasteiger partial charge in [0, 0.05) is 50.9 Å². The number of nitrogens with one attached hydrogen (secondary N) is 1. The number of hydrogen-bond acceptors (Lipinski definition) is 3. The zero-order valence-corrected chi connectivity index (χ0v) is 16.4. The van der Waals surface area contributed by atoms with Crippen LogP contribution >= 0.6 is 22.9 Å². The minimum absolute atomic E-state index is 0.730. The van der Waals surface area contributed by atoms with E-state index in [0.717, 1.165) is 54.8 Å². The van der Waals surface area contributed by atoms with Crippen LogP contribution in [0.1, 0.15) is 30.2 Å². The van der Waals surface area contributed by atoms with Gasteiger partial charge in [-0.15, -0.1) is 11.3 Å². The Morgan fingerprint density at radius 1 is 1.46 bits per heavy atom. The first-order valence-electron chi connectivity index (χ1n) is 8.27. The fourth-order valence-corrected chi connectivity index (χ4v) is 3.46. The molecule has 0 aliphatic carbocycles. The fraction of sp³-hybridized carbons (Fsp3) is 0.529. The van der Waals surface area contributed by atoms with Crippen LogP contribution in [0.5, 0.6) is 0 Å². The number of aromatic nitrogens is 2. The van der Waals surface area contributed by atoms with Gasteiger partial charge in [0.05, 0.1) is 22.3 Å². The summed E-state index contributed by atoms with van der Waals surface area (Å²) in [6, 6.07) is 1.99. The van der Waals surface area contributed by atoms with Gasteiger partial charge in [0.1, 0.15) is 0 Å². The lowest BCUT2D eigenvalue weighted by molar-refractivity contribution is 0.462. The van der Waals surface area contributed by atoms with Crippen molar-refractivity contribution in [2.45, 2.75) is 33.2 Å². The highest BCUT2D eigenvalue weighted by Crippen LogP contribution is 2.14. The molecular formula is C17H26ClN5S. The van der Waals surface area contributed by atoms with E-state index in [9.17, 15) is 0 Å². The van der Waals surface area contributed by atoms with E-state index < -0.39 is 0 Å². The highest BCUT2D eigenvalue weighted by Gasteiger charge is 2.10. The predicted octanol–water partition coefficient (Wildman–Crippen LogP) is 3.34. The molecule has 5 nitrogen and oxygen atoms in total. The van der Waals surface area contributed by atoms with Crippen molar-refractivity contribution in [2.75, 3.05) is 20.1 Å². The number of aryl methyl sites for hydroxylation is 2. The second-order valence-electron chi connectivity index (χ2n) is 5.69. The van der Waals surface area contributed by atoms with Crippen molar-refractivity contribution in [3.05, 3.63) is 39.1 Å². The van der Waals surface area contributed by atoms with E-state index in [1.165, 1.54) is 5.01 Å². The molecule has 0 aliphatic rings. The average Bonchev–Trinajstić information content (AvgIpc) is 3.13. The van der Waals surface area contributed by atoms with Crippen molar-refractivity contribution >= 4 is 28.9 Å². The molecule has 0 unspecified atom stereocenters. The smallest absolute Gasteiger partial charge is 0.194 e. The lowest BCUT2D eigenvalue weighted by Gasteiger charge is -2.22. The zero-order valence-electron chi connectivity index (χ0n) is 14.8. The summed E-state index contributed by atoms with van der Waals surface area (Å²) in [5.74, 6) is 0.903. The summed E-state index contributed by atoms with van der Waals surface area (Å²) in [7, 11) is 4.05. The molecule has 132 valence electrons. The topological polar surface area (TPSA) is 45.5 Å². The molecule has 0 aromatic carbocycles. The summed E-state index contributed by atoms with van der Waals surface area (Å²) in [6.07, 6.45) is 3.79. The Kier molecular flexibility index (Phi) is 7.12. The lowest BCUT2D eigenvalue weighted by atomic mass is 10.3. The van der Waals surface area contributed by atoms with Gasteiger partial charge in [-0.3, -0.25) is 4.99 Å². The Bertz CT molecular complexity index is 676. The number of aliphatic imine (C=N–C) groups is 1. The van der Waals surface area contributed by atoms with Crippen LogP contribution in [0.2, 0.25) is 5.02 Å². The Hall–Kier alpha value is -1.53. The molecular weight excluding hydrogens is 342 g/mol. The molecule has 7 heteroatoms. The highest BCUT2D eigenvalue weighted by atomic mass is 35.5. The number of halogens is 1. The molecule has 24 heavy (non-hydrogen) atoms. The number of nitrogens with zero attached hydrogens (tertiary/aromatic N) is 4. The minimum atomic E-state index is 0.730. The first-order chi connectivity index (χ1) is 11.5.